The number of rotatable bonds is 4. The Morgan fingerprint density at radius 3 is 2.38 bits per heavy atom. The van der Waals surface area contributed by atoms with Crippen LogP contribution in [0.2, 0.25) is 0 Å². The maximum Gasteiger partial charge on any atom is 0.251 e. The van der Waals surface area contributed by atoms with Crippen molar-refractivity contribution in [3.05, 3.63) is 46.8 Å². The quantitative estimate of drug-likeness (QED) is 0.754. The van der Waals surface area contributed by atoms with E-state index in [1.165, 1.54) is 11.3 Å². The second-order valence-electron chi connectivity index (χ2n) is 5.19. The number of benzene rings is 1. The van der Waals surface area contributed by atoms with Crippen LogP contribution in [0.15, 0.2) is 35.7 Å². The van der Waals surface area contributed by atoms with E-state index < -0.39 is 11.3 Å². The fraction of sp³-hybridized carbons (Fsp3) is 0.200. The number of nitrogen functional groups attached to an aromatic ring is 1. The van der Waals surface area contributed by atoms with Gasteiger partial charge in [0.15, 0.2) is 0 Å². The number of hydrogen-bond donors (Lipinski definition) is 3. The largest absolute Gasteiger partial charge is 0.399 e. The lowest BCUT2D eigenvalue weighted by Crippen LogP contribution is -2.28. The van der Waals surface area contributed by atoms with Gasteiger partial charge in [-0.3, -0.25) is 9.59 Å². The van der Waals surface area contributed by atoms with Gasteiger partial charge in [-0.2, -0.15) is 0 Å². The van der Waals surface area contributed by atoms with Crippen LogP contribution >= 0.6 is 11.3 Å². The average Bonchev–Trinajstić information content (AvgIpc) is 3.13. The van der Waals surface area contributed by atoms with E-state index in [0.717, 1.165) is 18.4 Å². The molecule has 1 saturated carbocycles. The molecule has 1 aromatic carbocycles. The Balaban J connectivity index is 1.83. The van der Waals surface area contributed by atoms with E-state index in [-0.39, 0.29) is 5.91 Å². The molecule has 108 valence electrons. The van der Waals surface area contributed by atoms with Gasteiger partial charge in [-0.25, -0.2) is 0 Å². The lowest BCUT2D eigenvalue weighted by atomic mass is 9.95. The minimum absolute atomic E-state index is 0.0998. The van der Waals surface area contributed by atoms with Gasteiger partial charge in [-0.15, -0.1) is 11.3 Å². The Hall–Kier alpha value is -2.34. The van der Waals surface area contributed by atoms with Crippen molar-refractivity contribution in [2.75, 3.05) is 11.1 Å². The first-order valence-electron chi connectivity index (χ1n) is 6.58. The number of primary amides is 1. The van der Waals surface area contributed by atoms with Crippen LogP contribution in [0.3, 0.4) is 0 Å². The second-order valence-corrected chi connectivity index (χ2v) is 6.10. The number of hydrogen-bond acceptors (Lipinski definition) is 4. The lowest BCUT2D eigenvalue weighted by molar-refractivity contribution is -0.118. The number of amides is 2. The topological polar surface area (TPSA) is 98.2 Å². The number of nitrogens with two attached hydrogens (primary N) is 2. The molecule has 2 amide bonds. The summed E-state index contributed by atoms with van der Waals surface area (Å²) in [5.74, 6) is -0.638. The van der Waals surface area contributed by atoms with E-state index >= 15 is 0 Å². The first-order valence-corrected chi connectivity index (χ1v) is 7.46. The number of thiophene rings is 1. The minimum atomic E-state index is -0.538. The summed E-state index contributed by atoms with van der Waals surface area (Å²) in [4.78, 5) is 23.9. The number of anilines is 2. The summed E-state index contributed by atoms with van der Waals surface area (Å²) >= 11 is 1.29. The Bertz CT molecular complexity index is 702. The van der Waals surface area contributed by atoms with Crippen molar-refractivity contribution < 1.29 is 9.59 Å². The van der Waals surface area contributed by atoms with Crippen molar-refractivity contribution in [2.24, 2.45) is 5.73 Å². The van der Waals surface area contributed by atoms with Crippen LogP contribution in [0.1, 0.15) is 28.8 Å². The predicted molar refractivity (Wildman–Crippen MR) is 83.2 cm³/mol. The van der Waals surface area contributed by atoms with Crippen LogP contribution in [0.4, 0.5) is 10.7 Å². The SMILES string of the molecule is NC(=O)c1ccsc1NC(=O)C1(c2ccc(N)cc2)CC1. The third kappa shape index (κ3) is 2.38. The number of carbonyl (C=O) groups excluding carboxylic acids is 2. The lowest BCUT2D eigenvalue weighted by Gasteiger charge is -2.15. The van der Waals surface area contributed by atoms with Gasteiger partial charge in [-0.1, -0.05) is 12.1 Å². The molecular formula is C15H15N3O2S. The zero-order valence-corrected chi connectivity index (χ0v) is 12.1. The maximum absolute atomic E-state index is 12.6. The summed E-state index contributed by atoms with van der Waals surface area (Å²) in [6.07, 6.45) is 1.58. The van der Waals surface area contributed by atoms with Gasteiger partial charge in [0, 0.05) is 5.69 Å². The Morgan fingerprint density at radius 2 is 1.81 bits per heavy atom. The van der Waals surface area contributed by atoms with Gasteiger partial charge in [-0.05, 0) is 42.0 Å². The standard InChI is InChI=1S/C15H15N3O2S/c16-10-3-1-9(2-4-10)15(6-7-15)14(20)18-13-11(12(17)19)5-8-21-13/h1-5,8H,6-7,16H2,(H2,17,19)(H,18,20). The van der Waals surface area contributed by atoms with Crippen LogP contribution in [-0.2, 0) is 10.2 Å². The van der Waals surface area contributed by atoms with Gasteiger partial charge in [0.25, 0.3) is 5.91 Å². The number of nitrogens with one attached hydrogen (secondary N) is 1. The molecule has 1 aliphatic rings. The van der Waals surface area contributed by atoms with Crippen LogP contribution in [-0.4, -0.2) is 11.8 Å². The van der Waals surface area contributed by atoms with Gasteiger partial charge in [0.05, 0.1) is 11.0 Å². The first-order chi connectivity index (χ1) is 10.0. The zero-order valence-electron chi connectivity index (χ0n) is 11.3. The molecule has 0 radical (unpaired) electrons. The van der Waals surface area contributed by atoms with Gasteiger partial charge in [0.2, 0.25) is 5.91 Å². The molecule has 0 atom stereocenters. The van der Waals surface area contributed by atoms with Gasteiger partial charge < -0.3 is 16.8 Å². The molecule has 0 saturated heterocycles. The van der Waals surface area contributed by atoms with Crippen molar-refractivity contribution in [1.82, 2.24) is 0 Å². The van der Waals surface area contributed by atoms with E-state index in [1.807, 2.05) is 12.1 Å². The highest BCUT2D eigenvalue weighted by molar-refractivity contribution is 7.14. The highest BCUT2D eigenvalue weighted by atomic mass is 32.1. The van der Waals surface area contributed by atoms with Crippen molar-refractivity contribution in [2.45, 2.75) is 18.3 Å². The normalized spacial score (nSPS) is 15.4. The fourth-order valence-electron chi connectivity index (χ4n) is 2.40. The molecule has 0 aliphatic heterocycles. The van der Waals surface area contributed by atoms with Crippen LogP contribution in [0.25, 0.3) is 0 Å². The molecule has 1 heterocycles. The molecule has 21 heavy (non-hydrogen) atoms. The third-order valence-electron chi connectivity index (χ3n) is 3.81. The molecule has 1 aliphatic carbocycles. The summed E-state index contributed by atoms with van der Waals surface area (Å²) in [6, 6.07) is 8.97. The zero-order chi connectivity index (χ0) is 15.0. The minimum Gasteiger partial charge on any atom is -0.399 e. The number of carbonyl (C=O) groups is 2. The molecular weight excluding hydrogens is 286 g/mol. The molecule has 6 heteroatoms. The average molecular weight is 301 g/mol. The molecule has 5 nitrogen and oxygen atoms in total. The molecule has 3 rings (SSSR count). The summed E-state index contributed by atoms with van der Waals surface area (Å²) in [5, 5.41) is 5.08. The Morgan fingerprint density at radius 1 is 1.14 bits per heavy atom. The predicted octanol–water partition coefficient (Wildman–Crippen LogP) is 2.10. The molecule has 1 aromatic heterocycles. The molecule has 0 bridgehead atoms. The van der Waals surface area contributed by atoms with E-state index in [9.17, 15) is 9.59 Å². The van der Waals surface area contributed by atoms with Gasteiger partial charge in [0.1, 0.15) is 5.00 Å². The fourth-order valence-corrected chi connectivity index (χ4v) is 3.18. The van der Waals surface area contributed by atoms with E-state index in [0.29, 0.717) is 16.3 Å². The van der Waals surface area contributed by atoms with Crippen LogP contribution < -0.4 is 16.8 Å². The summed E-state index contributed by atoms with van der Waals surface area (Å²) in [5.41, 5.74) is 12.4. The molecule has 0 unspecified atom stereocenters. The highest BCUT2D eigenvalue weighted by Gasteiger charge is 2.51. The first kappa shape index (κ1) is 13.6. The van der Waals surface area contributed by atoms with Crippen molar-refractivity contribution in [1.29, 1.82) is 0 Å². The highest BCUT2D eigenvalue weighted by Crippen LogP contribution is 2.49. The molecule has 5 N–H and O–H groups in total. The maximum atomic E-state index is 12.6. The van der Waals surface area contributed by atoms with Crippen LogP contribution in [0, 0.1) is 0 Å². The monoisotopic (exact) mass is 301 g/mol. The summed E-state index contributed by atoms with van der Waals surface area (Å²) in [7, 11) is 0. The third-order valence-corrected chi connectivity index (χ3v) is 4.64. The van der Waals surface area contributed by atoms with Gasteiger partial charge >= 0.3 is 0 Å². The van der Waals surface area contributed by atoms with E-state index in [1.54, 1.807) is 23.6 Å². The van der Waals surface area contributed by atoms with Crippen molar-refractivity contribution in [3.8, 4) is 0 Å². The summed E-state index contributed by atoms with van der Waals surface area (Å²) in [6.45, 7) is 0. The van der Waals surface area contributed by atoms with Crippen LogP contribution in [0.5, 0.6) is 0 Å². The van der Waals surface area contributed by atoms with E-state index in [4.69, 9.17) is 11.5 Å². The Kier molecular flexibility index (Phi) is 3.17. The van der Waals surface area contributed by atoms with Crippen molar-refractivity contribution >= 4 is 33.8 Å². The van der Waals surface area contributed by atoms with E-state index in [2.05, 4.69) is 5.32 Å². The Labute approximate surface area is 126 Å². The van der Waals surface area contributed by atoms with Crippen molar-refractivity contribution in [3.63, 3.8) is 0 Å². The molecule has 0 spiro atoms. The second kappa shape index (κ2) is 4.89. The smallest absolute Gasteiger partial charge is 0.251 e. The molecule has 1 fully saturated rings. The summed E-state index contributed by atoms with van der Waals surface area (Å²) < 4.78 is 0. The molecule has 2 aromatic rings.